The maximum atomic E-state index is 12.8. The molecule has 0 saturated heterocycles. The Bertz CT molecular complexity index is 1030. The zero-order valence-corrected chi connectivity index (χ0v) is 44.2. The number of ether oxygens (including phenoxy) is 3. The third-order valence-corrected chi connectivity index (χ3v) is 13.5. The molecule has 65 heavy (non-hydrogen) atoms. The first kappa shape index (κ1) is 63.3. The predicted octanol–water partition coefficient (Wildman–Crippen LogP) is 16.8. The summed E-state index contributed by atoms with van der Waals surface area (Å²) in [5.41, 5.74) is 0. The van der Waals surface area contributed by atoms with E-state index in [2.05, 4.69) is 13.8 Å². The first-order valence-electron chi connectivity index (χ1n) is 28.6. The number of carboxylic acid groups (broad SMARTS) is 1. The van der Waals surface area contributed by atoms with Crippen LogP contribution >= 0.6 is 0 Å². The van der Waals surface area contributed by atoms with E-state index in [1.54, 1.807) is 0 Å². The van der Waals surface area contributed by atoms with Crippen LogP contribution < -0.4 is 0 Å². The van der Waals surface area contributed by atoms with Crippen LogP contribution in [0, 0.1) is 0 Å². The van der Waals surface area contributed by atoms with Gasteiger partial charge in [-0.15, -0.1) is 0 Å². The summed E-state index contributed by atoms with van der Waals surface area (Å²) in [6.45, 7) is 4.82. The topological polar surface area (TPSA) is 99.1 Å². The normalized spacial score (nSPS) is 12.7. The van der Waals surface area contributed by atoms with Crippen LogP contribution in [0.15, 0.2) is 0 Å². The molecule has 0 radical (unpaired) electrons. The molecular formula is C57H112NO7+. The highest BCUT2D eigenvalue weighted by molar-refractivity contribution is 5.72. The highest BCUT2D eigenvalue weighted by atomic mass is 16.6. The van der Waals surface area contributed by atoms with Gasteiger partial charge < -0.3 is 23.8 Å². The fourth-order valence-corrected chi connectivity index (χ4v) is 9.10. The van der Waals surface area contributed by atoms with Gasteiger partial charge in [-0.05, 0) is 12.8 Å². The van der Waals surface area contributed by atoms with Gasteiger partial charge in [0.1, 0.15) is 6.61 Å². The first-order valence-corrected chi connectivity index (χ1v) is 28.6. The number of unbranched alkanes of at least 4 members (excludes halogenated alkanes) is 39. The van der Waals surface area contributed by atoms with Crippen LogP contribution in [-0.2, 0) is 28.6 Å². The minimum absolute atomic E-state index is 0.0409. The van der Waals surface area contributed by atoms with Crippen molar-refractivity contribution in [2.75, 3.05) is 41.0 Å². The molecule has 0 spiro atoms. The van der Waals surface area contributed by atoms with E-state index in [9.17, 15) is 19.5 Å². The Balaban J connectivity index is 4.12. The molecule has 2 unspecified atom stereocenters. The van der Waals surface area contributed by atoms with Gasteiger partial charge in [0.05, 0.1) is 34.4 Å². The van der Waals surface area contributed by atoms with E-state index in [-0.39, 0.29) is 36.2 Å². The van der Waals surface area contributed by atoms with Gasteiger partial charge in [-0.25, -0.2) is 4.79 Å². The molecule has 1 N–H and O–H groups in total. The summed E-state index contributed by atoms with van der Waals surface area (Å²) in [4.78, 5) is 37.3. The van der Waals surface area contributed by atoms with Gasteiger partial charge >= 0.3 is 17.9 Å². The molecule has 0 amide bonds. The second-order valence-electron chi connectivity index (χ2n) is 20.9. The van der Waals surface area contributed by atoms with Crippen LogP contribution in [0.25, 0.3) is 0 Å². The zero-order chi connectivity index (χ0) is 47.7. The summed E-state index contributed by atoms with van der Waals surface area (Å²) < 4.78 is 17.4. The number of rotatable bonds is 53. The van der Waals surface area contributed by atoms with E-state index in [0.29, 0.717) is 19.3 Å². The van der Waals surface area contributed by atoms with Gasteiger partial charge in [0.25, 0.3) is 0 Å². The van der Waals surface area contributed by atoms with E-state index >= 15 is 0 Å². The Morgan fingerprint density at radius 3 is 0.954 bits per heavy atom. The van der Waals surface area contributed by atoms with Crippen molar-refractivity contribution in [2.24, 2.45) is 0 Å². The quantitative estimate of drug-likeness (QED) is 0.0368. The van der Waals surface area contributed by atoms with E-state index in [1.807, 2.05) is 21.1 Å². The molecule has 0 aromatic carbocycles. The van der Waals surface area contributed by atoms with Gasteiger partial charge in [-0.1, -0.05) is 264 Å². The van der Waals surface area contributed by atoms with E-state index < -0.39 is 18.1 Å². The van der Waals surface area contributed by atoms with Crippen molar-refractivity contribution in [1.82, 2.24) is 0 Å². The molecule has 0 rings (SSSR count). The monoisotopic (exact) mass is 923 g/mol. The summed E-state index contributed by atoms with van der Waals surface area (Å²) in [5, 5.41) is 9.67. The minimum Gasteiger partial charge on any atom is -0.477 e. The summed E-state index contributed by atoms with van der Waals surface area (Å²) in [6, 6.07) is -0.609. The lowest BCUT2D eigenvalue weighted by molar-refractivity contribution is -0.887. The van der Waals surface area contributed by atoms with Crippen molar-refractivity contribution in [3.63, 3.8) is 0 Å². The maximum Gasteiger partial charge on any atom is 0.362 e. The van der Waals surface area contributed by atoms with Gasteiger partial charge in [0, 0.05) is 19.3 Å². The van der Waals surface area contributed by atoms with E-state index in [0.717, 1.165) is 38.5 Å². The Labute approximate surface area is 404 Å². The number of nitrogens with zero attached hydrogens (tertiary/aromatic N) is 1. The van der Waals surface area contributed by atoms with Crippen molar-refractivity contribution >= 4 is 17.9 Å². The maximum absolute atomic E-state index is 12.8. The molecule has 0 aliphatic carbocycles. The molecule has 8 heteroatoms. The predicted molar refractivity (Wildman–Crippen MR) is 276 cm³/mol. The molecule has 0 aliphatic rings. The van der Waals surface area contributed by atoms with Crippen LogP contribution in [0.5, 0.6) is 0 Å². The Morgan fingerprint density at radius 1 is 0.400 bits per heavy atom. The Hall–Kier alpha value is -1.67. The summed E-state index contributed by atoms with van der Waals surface area (Å²) >= 11 is 0. The smallest absolute Gasteiger partial charge is 0.362 e. The summed E-state index contributed by atoms with van der Waals surface area (Å²) in [5.74, 6) is -1.43. The van der Waals surface area contributed by atoms with Crippen molar-refractivity contribution < 1.29 is 38.2 Å². The Morgan fingerprint density at radius 2 is 0.677 bits per heavy atom. The van der Waals surface area contributed by atoms with Crippen LogP contribution in [-0.4, -0.2) is 80.6 Å². The third kappa shape index (κ3) is 47.2. The number of carbonyl (C=O) groups excluding carboxylic acids is 2. The minimum atomic E-state index is -0.868. The largest absolute Gasteiger partial charge is 0.477 e. The average Bonchev–Trinajstić information content (AvgIpc) is 3.27. The number of likely N-dealkylation sites (N-methyl/N-ethyl adjacent to an activating group) is 1. The van der Waals surface area contributed by atoms with Gasteiger partial charge in [0.2, 0.25) is 0 Å². The van der Waals surface area contributed by atoms with Crippen molar-refractivity contribution in [3.8, 4) is 0 Å². The average molecular weight is 924 g/mol. The lowest BCUT2D eigenvalue weighted by atomic mass is 10.0. The number of esters is 2. The van der Waals surface area contributed by atoms with Gasteiger partial charge in [-0.3, -0.25) is 9.59 Å². The molecule has 0 aromatic heterocycles. The number of hydrogen-bond donors (Lipinski definition) is 1. The zero-order valence-electron chi connectivity index (χ0n) is 44.2. The first-order chi connectivity index (χ1) is 31.6. The lowest BCUT2D eigenvalue weighted by Crippen LogP contribution is -2.50. The van der Waals surface area contributed by atoms with Crippen LogP contribution in [0.3, 0.4) is 0 Å². The number of carboxylic acids is 1. The van der Waals surface area contributed by atoms with Crippen molar-refractivity contribution in [1.29, 1.82) is 0 Å². The van der Waals surface area contributed by atoms with Crippen LogP contribution in [0.1, 0.15) is 296 Å². The molecule has 8 nitrogen and oxygen atoms in total. The van der Waals surface area contributed by atoms with Crippen molar-refractivity contribution in [3.05, 3.63) is 0 Å². The van der Waals surface area contributed by atoms with Crippen molar-refractivity contribution in [2.45, 2.75) is 309 Å². The molecule has 2 atom stereocenters. The second kappa shape index (κ2) is 48.8. The Kier molecular flexibility index (Phi) is 47.5. The fraction of sp³-hybridized carbons (Fsp3) is 0.947. The second-order valence-corrected chi connectivity index (χ2v) is 20.9. The highest BCUT2D eigenvalue weighted by Gasteiger charge is 2.31. The van der Waals surface area contributed by atoms with Crippen LogP contribution in [0.4, 0.5) is 0 Å². The lowest BCUT2D eigenvalue weighted by Gasteiger charge is -2.31. The summed E-state index contributed by atoms with van der Waals surface area (Å²) in [6.07, 6.45) is 54.5. The van der Waals surface area contributed by atoms with Gasteiger partial charge in [0.15, 0.2) is 12.1 Å². The van der Waals surface area contributed by atoms with Gasteiger partial charge in [-0.2, -0.15) is 0 Å². The summed E-state index contributed by atoms with van der Waals surface area (Å²) in [7, 11) is 5.56. The van der Waals surface area contributed by atoms with E-state index in [4.69, 9.17) is 14.2 Å². The number of aliphatic carboxylic acids is 1. The molecule has 386 valence electrons. The molecule has 0 saturated carbocycles. The molecular weight excluding hydrogens is 811 g/mol. The van der Waals surface area contributed by atoms with E-state index in [1.165, 1.54) is 225 Å². The highest BCUT2D eigenvalue weighted by Crippen LogP contribution is 2.18. The molecule has 0 aliphatic heterocycles. The molecule has 0 heterocycles. The molecule has 0 bridgehead atoms. The van der Waals surface area contributed by atoms with Crippen LogP contribution in [0.2, 0.25) is 0 Å². The number of quaternary nitrogens is 1. The standard InChI is InChI=1S/C57H111NO7/c1-6-8-10-12-14-16-18-20-22-24-26-28-30-32-34-36-38-40-42-44-46-48-56(60)65-53(51-63-50-49-54(57(61)62)58(3,4)5)52-64-55(59)47-45-43-41-39-37-35-33-31-29-27-25-23-21-19-17-15-13-11-9-7-2/h53-54H,6-52H2,1-5H3/p+1. The third-order valence-electron chi connectivity index (χ3n) is 13.5. The molecule has 0 fully saturated rings. The SMILES string of the molecule is CCCCCCCCCCCCCCCCCCCCCCCC(=O)OC(COCCC(C(=O)O)[N+](C)(C)C)COC(=O)CCCCCCCCCCCCCCCCCCCCCC. The molecule has 0 aromatic rings. The number of carbonyl (C=O) groups is 3. The number of hydrogen-bond acceptors (Lipinski definition) is 6. The fourth-order valence-electron chi connectivity index (χ4n) is 9.10.